The fraction of sp³-hybridized carbons (Fsp3) is 0.711. The largest absolute Gasteiger partial charge is 0.491 e. The number of terminal acetylenes is 1. The molecule has 294 valence electrons. The summed E-state index contributed by atoms with van der Waals surface area (Å²) >= 11 is 1.11. The number of aliphatic hydroxyl groups excluding tert-OH is 1. The van der Waals surface area contributed by atoms with Crippen LogP contribution in [0.5, 0.6) is 5.75 Å². The summed E-state index contributed by atoms with van der Waals surface area (Å²) in [5.74, 6) is 4.94. The summed E-state index contributed by atoms with van der Waals surface area (Å²) in [4.78, 5) is 0.879. The fourth-order valence-corrected chi connectivity index (χ4v) is 6.68. The van der Waals surface area contributed by atoms with Crippen LogP contribution in [0.2, 0.25) is 0 Å². The van der Waals surface area contributed by atoms with Crippen LogP contribution in [0.15, 0.2) is 29.2 Å². The van der Waals surface area contributed by atoms with Crippen molar-refractivity contribution in [3.8, 4) is 23.5 Å². The molecule has 1 aromatic carbocycles. The molecule has 0 saturated heterocycles. The topological polar surface area (TPSA) is 158 Å². The molecule has 4 atom stereocenters. The summed E-state index contributed by atoms with van der Waals surface area (Å²) < 4.78 is 53.2. The highest BCUT2D eigenvalue weighted by Gasteiger charge is 2.49. The summed E-state index contributed by atoms with van der Waals surface area (Å²) in [6.07, 6.45) is 9.78. The van der Waals surface area contributed by atoms with Crippen LogP contribution in [0.4, 0.5) is 0 Å². The van der Waals surface area contributed by atoms with Gasteiger partial charge < -0.3 is 47.7 Å². The van der Waals surface area contributed by atoms with Gasteiger partial charge in [-0.2, -0.15) is 5.26 Å². The number of nitrogens with zero attached hydrogens (tertiary/aromatic N) is 4. The van der Waals surface area contributed by atoms with Crippen LogP contribution >= 0.6 is 11.8 Å². The number of hydrogen-bond acceptors (Lipinski definition) is 14. The number of aryl methyl sites for hydroxylation is 1. The van der Waals surface area contributed by atoms with E-state index in [4.69, 9.17) is 54.3 Å². The lowest BCUT2D eigenvalue weighted by Gasteiger charge is -2.18. The Labute approximate surface area is 318 Å². The highest BCUT2D eigenvalue weighted by molar-refractivity contribution is 8.03. The molecule has 4 unspecified atom stereocenters. The number of aliphatic hydroxyl groups is 1. The fourth-order valence-electron chi connectivity index (χ4n) is 6.30. The van der Waals surface area contributed by atoms with Gasteiger partial charge in [-0.1, -0.05) is 11.1 Å². The van der Waals surface area contributed by atoms with E-state index in [9.17, 15) is 5.11 Å². The van der Waals surface area contributed by atoms with Crippen LogP contribution in [-0.2, 0) is 57.3 Å². The van der Waals surface area contributed by atoms with Gasteiger partial charge >= 0.3 is 0 Å². The summed E-state index contributed by atoms with van der Waals surface area (Å²) in [6, 6.07) is 7.37. The van der Waals surface area contributed by atoms with Crippen molar-refractivity contribution in [1.29, 1.82) is 5.26 Å². The first-order chi connectivity index (χ1) is 26.2. The smallest absolute Gasteiger partial charge is 0.138 e. The molecule has 15 heteroatoms. The third-order valence-corrected chi connectivity index (χ3v) is 9.66. The number of thioether (sulfide) groups is 1. The Morgan fingerprint density at radius 1 is 0.792 bits per heavy atom. The van der Waals surface area contributed by atoms with Crippen molar-refractivity contribution in [2.24, 2.45) is 17.8 Å². The van der Waals surface area contributed by atoms with E-state index in [2.05, 4.69) is 16.2 Å². The van der Waals surface area contributed by atoms with Crippen LogP contribution < -0.4 is 4.74 Å². The minimum atomic E-state index is -0.259. The van der Waals surface area contributed by atoms with Gasteiger partial charge in [-0.05, 0) is 85.9 Å². The Morgan fingerprint density at radius 2 is 1.42 bits per heavy atom. The molecule has 1 saturated carbocycles. The van der Waals surface area contributed by atoms with Crippen molar-refractivity contribution in [2.75, 3.05) is 112 Å². The number of hydrogen-bond donors (Lipinski definition) is 1. The molecule has 0 amide bonds. The van der Waals surface area contributed by atoms with E-state index in [0.29, 0.717) is 130 Å². The summed E-state index contributed by atoms with van der Waals surface area (Å²) in [7, 11) is 0. The zero-order valence-electron chi connectivity index (χ0n) is 30.8. The Kier molecular flexibility index (Phi) is 21.8. The van der Waals surface area contributed by atoms with E-state index >= 15 is 0 Å². The van der Waals surface area contributed by atoms with E-state index < -0.39 is 0 Å². The average molecular weight is 761 g/mol. The maximum absolute atomic E-state index is 9.60. The average Bonchev–Trinajstić information content (AvgIpc) is 3.70. The van der Waals surface area contributed by atoms with Crippen LogP contribution in [0.1, 0.15) is 30.7 Å². The quantitative estimate of drug-likeness (QED) is 0.0517. The van der Waals surface area contributed by atoms with Gasteiger partial charge in [-0.15, -0.1) is 11.5 Å². The van der Waals surface area contributed by atoms with Crippen LogP contribution in [-0.4, -0.2) is 139 Å². The second-order valence-corrected chi connectivity index (χ2v) is 13.5. The van der Waals surface area contributed by atoms with E-state index in [0.717, 1.165) is 60.2 Å². The van der Waals surface area contributed by atoms with Gasteiger partial charge in [0, 0.05) is 24.7 Å². The third-order valence-electron chi connectivity index (χ3n) is 9.07. The first kappa shape index (κ1) is 42.9. The SMILES string of the molecule is C#CCOCCOCCOCC(COCCCOCCn1nnc2c1CCC1C(CO)C1CC2)OCCOCCOCCOc1ccc(SC#N)cc1. The first-order valence-electron chi connectivity index (χ1n) is 18.6. The Balaban J connectivity index is 1.02. The van der Waals surface area contributed by atoms with E-state index in [-0.39, 0.29) is 12.7 Å². The predicted octanol–water partition coefficient (Wildman–Crippen LogP) is 3.19. The number of nitriles is 1. The van der Waals surface area contributed by atoms with Crippen LogP contribution in [0, 0.1) is 40.8 Å². The normalized spacial score (nSPS) is 18.3. The Bertz CT molecular complexity index is 1340. The molecular formula is C38H56N4O10S. The lowest BCUT2D eigenvalue weighted by Crippen LogP contribution is -2.28. The molecule has 0 aliphatic heterocycles. The van der Waals surface area contributed by atoms with Gasteiger partial charge in [0.05, 0.1) is 97.2 Å². The number of rotatable bonds is 31. The summed E-state index contributed by atoms with van der Waals surface area (Å²) in [6.45, 7) is 8.00. The van der Waals surface area contributed by atoms with Gasteiger partial charge in [0.15, 0.2) is 0 Å². The molecule has 0 bridgehead atoms. The number of fused-ring (bicyclic) bond motifs is 2. The molecule has 2 aromatic rings. The minimum absolute atomic E-state index is 0.259. The van der Waals surface area contributed by atoms with E-state index in [1.165, 1.54) is 5.69 Å². The molecular weight excluding hydrogens is 705 g/mol. The second-order valence-electron chi connectivity index (χ2n) is 12.7. The number of aromatic nitrogens is 3. The second kappa shape index (κ2) is 26.9. The van der Waals surface area contributed by atoms with E-state index in [1.807, 2.05) is 34.3 Å². The van der Waals surface area contributed by atoms with Crippen molar-refractivity contribution in [3.63, 3.8) is 0 Å². The van der Waals surface area contributed by atoms with Crippen molar-refractivity contribution in [2.45, 2.75) is 49.6 Å². The van der Waals surface area contributed by atoms with Gasteiger partial charge in [0.25, 0.3) is 0 Å². The Hall–Kier alpha value is -2.80. The molecule has 0 spiro atoms. The predicted molar refractivity (Wildman–Crippen MR) is 197 cm³/mol. The standard InChI is InChI=1S/C38H56N4O10S/c1-2-13-44-17-18-46-21-22-50-29-32(52-26-24-48-20-19-47-23-25-51-31-4-6-33(7-5-31)53-30-39)28-49-15-3-14-45-16-12-42-38-11-9-35-34(36(35)27-43)8-10-37(38)40-41-42/h1,4-7,32,34-36,43H,3,8-29H2. The molecule has 1 heterocycles. The lowest BCUT2D eigenvalue weighted by atomic mass is 10.0. The number of thiocyanates is 1. The van der Waals surface area contributed by atoms with E-state index in [1.54, 1.807) is 0 Å². The molecule has 2 aliphatic carbocycles. The highest BCUT2D eigenvalue weighted by Crippen LogP contribution is 2.52. The molecule has 14 nitrogen and oxygen atoms in total. The molecule has 2 aliphatic rings. The van der Waals surface area contributed by atoms with Gasteiger partial charge in [0.1, 0.15) is 30.5 Å². The maximum Gasteiger partial charge on any atom is 0.138 e. The number of ether oxygens (including phenoxy) is 9. The third kappa shape index (κ3) is 17.0. The van der Waals surface area contributed by atoms with Crippen molar-refractivity contribution >= 4 is 11.8 Å². The first-order valence-corrected chi connectivity index (χ1v) is 19.4. The zero-order chi connectivity index (χ0) is 37.2. The lowest BCUT2D eigenvalue weighted by molar-refractivity contribution is -0.0828. The Morgan fingerprint density at radius 3 is 2.13 bits per heavy atom. The summed E-state index contributed by atoms with van der Waals surface area (Å²) in [5.41, 5.74) is 2.33. The molecule has 1 aromatic heterocycles. The maximum atomic E-state index is 9.60. The molecule has 53 heavy (non-hydrogen) atoms. The van der Waals surface area contributed by atoms with Crippen molar-refractivity contribution < 1.29 is 47.7 Å². The minimum Gasteiger partial charge on any atom is -0.491 e. The van der Waals surface area contributed by atoms with Crippen LogP contribution in [0.25, 0.3) is 0 Å². The zero-order valence-corrected chi connectivity index (χ0v) is 31.6. The molecule has 0 radical (unpaired) electrons. The van der Waals surface area contributed by atoms with Crippen molar-refractivity contribution in [3.05, 3.63) is 35.7 Å². The number of benzene rings is 1. The van der Waals surface area contributed by atoms with Gasteiger partial charge in [-0.3, -0.25) is 0 Å². The molecule has 1 N–H and O–H groups in total. The molecule has 4 rings (SSSR count). The monoisotopic (exact) mass is 760 g/mol. The van der Waals surface area contributed by atoms with Crippen LogP contribution in [0.3, 0.4) is 0 Å². The van der Waals surface area contributed by atoms with Gasteiger partial charge in [-0.25, -0.2) is 4.68 Å². The van der Waals surface area contributed by atoms with Gasteiger partial charge in [0.2, 0.25) is 0 Å². The highest BCUT2D eigenvalue weighted by atomic mass is 32.2. The van der Waals surface area contributed by atoms with Crippen molar-refractivity contribution in [1.82, 2.24) is 15.0 Å². The summed E-state index contributed by atoms with van der Waals surface area (Å²) in [5, 5.41) is 29.2. The molecule has 1 fully saturated rings.